The highest BCUT2D eigenvalue weighted by Crippen LogP contribution is 2.43. The summed E-state index contributed by atoms with van der Waals surface area (Å²) >= 11 is 0. The molecule has 0 aliphatic heterocycles. The Morgan fingerprint density at radius 1 is 1.19 bits per heavy atom. The van der Waals surface area contributed by atoms with Gasteiger partial charge in [-0.25, -0.2) is 9.48 Å². The van der Waals surface area contributed by atoms with Crippen LogP contribution in [0.1, 0.15) is 96.9 Å². The summed E-state index contributed by atoms with van der Waals surface area (Å²) in [4.78, 5) is 38.1. The Bertz CT molecular complexity index is 775. The smallest absolute Gasteiger partial charge is 0.407 e. The van der Waals surface area contributed by atoms with E-state index in [2.05, 4.69) is 22.7 Å². The molecular weight excluding hydrogens is 408 g/mol. The summed E-state index contributed by atoms with van der Waals surface area (Å²) in [5.74, 6) is -0.851. The first kappa shape index (κ1) is 24.3. The molecule has 8 heteroatoms. The SMILES string of the molecule is CCCC[C@H](NC(=O)OCC1(CC)CCC1)C(=O)C(=O)Nc1ccnn1C1CCCCC1. The van der Waals surface area contributed by atoms with Gasteiger partial charge in [0.2, 0.25) is 5.78 Å². The van der Waals surface area contributed by atoms with Crippen molar-refractivity contribution in [3.8, 4) is 0 Å². The Hall–Kier alpha value is -2.38. The number of carbonyl (C=O) groups is 3. The Morgan fingerprint density at radius 3 is 2.56 bits per heavy atom. The summed E-state index contributed by atoms with van der Waals surface area (Å²) in [6, 6.07) is 1.06. The van der Waals surface area contributed by atoms with Gasteiger partial charge in [0.25, 0.3) is 5.91 Å². The maximum atomic E-state index is 12.9. The van der Waals surface area contributed by atoms with E-state index in [-0.39, 0.29) is 11.5 Å². The molecule has 0 unspecified atom stereocenters. The molecule has 0 saturated heterocycles. The maximum Gasteiger partial charge on any atom is 0.407 e. The van der Waals surface area contributed by atoms with Crippen LogP contribution in [0.4, 0.5) is 10.6 Å². The van der Waals surface area contributed by atoms with Gasteiger partial charge in [-0.1, -0.05) is 52.4 Å². The quantitative estimate of drug-likeness (QED) is 0.477. The van der Waals surface area contributed by atoms with Gasteiger partial charge in [-0.05, 0) is 38.5 Å². The van der Waals surface area contributed by atoms with Gasteiger partial charge >= 0.3 is 6.09 Å². The van der Waals surface area contributed by atoms with Crippen LogP contribution in [0.2, 0.25) is 0 Å². The number of aromatic nitrogens is 2. The molecule has 2 aliphatic rings. The first-order valence-electron chi connectivity index (χ1n) is 12.3. The summed E-state index contributed by atoms with van der Waals surface area (Å²) in [5.41, 5.74) is 0.0785. The minimum Gasteiger partial charge on any atom is -0.449 e. The molecule has 178 valence electrons. The van der Waals surface area contributed by atoms with Gasteiger partial charge in [0.05, 0.1) is 18.8 Å². The second-order valence-electron chi connectivity index (χ2n) is 9.39. The van der Waals surface area contributed by atoms with E-state index in [4.69, 9.17) is 4.74 Å². The zero-order valence-corrected chi connectivity index (χ0v) is 19.5. The van der Waals surface area contributed by atoms with Gasteiger partial charge in [0.1, 0.15) is 11.9 Å². The van der Waals surface area contributed by atoms with E-state index in [0.29, 0.717) is 18.8 Å². The molecule has 2 N–H and O–H groups in total. The molecule has 8 nitrogen and oxygen atoms in total. The number of Topliss-reactive ketones (excluding diaryl/α,β-unsaturated/α-hetero) is 1. The molecule has 2 saturated carbocycles. The molecule has 1 atom stereocenters. The van der Waals surface area contributed by atoms with Crippen LogP contribution in [0.25, 0.3) is 0 Å². The fourth-order valence-electron chi connectivity index (χ4n) is 4.72. The standard InChI is InChI=1S/C24H38N4O4/c1-3-5-12-19(26-23(31)32-17-24(4-2)14-9-15-24)21(29)22(30)27-20-13-16-25-28(20)18-10-7-6-8-11-18/h13,16,18-19H,3-12,14-15,17H2,1-2H3,(H,26,31)(H,27,30)/t19-/m0/s1. The monoisotopic (exact) mass is 446 g/mol. The fourth-order valence-corrected chi connectivity index (χ4v) is 4.72. The Morgan fingerprint density at radius 2 is 1.94 bits per heavy atom. The molecule has 1 aromatic rings. The lowest BCUT2D eigenvalue weighted by molar-refractivity contribution is -0.136. The summed E-state index contributed by atoms with van der Waals surface area (Å²) in [6.07, 6.45) is 12.8. The Labute approximate surface area is 190 Å². The van der Waals surface area contributed by atoms with Gasteiger partial charge in [0, 0.05) is 11.5 Å². The van der Waals surface area contributed by atoms with Crippen molar-refractivity contribution in [1.82, 2.24) is 15.1 Å². The minimum absolute atomic E-state index is 0.0785. The second-order valence-corrected chi connectivity index (χ2v) is 9.39. The van der Waals surface area contributed by atoms with Gasteiger partial charge in [-0.3, -0.25) is 9.59 Å². The predicted molar refractivity (Wildman–Crippen MR) is 122 cm³/mol. The number of hydrogen-bond donors (Lipinski definition) is 2. The van der Waals surface area contributed by atoms with E-state index in [1.54, 1.807) is 12.3 Å². The lowest BCUT2D eigenvalue weighted by Crippen LogP contribution is -2.47. The molecule has 2 fully saturated rings. The highest BCUT2D eigenvalue weighted by Gasteiger charge is 2.37. The summed E-state index contributed by atoms with van der Waals surface area (Å²) in [5, 5.41) is 9.73. The third kappa shape index (κ3) is 6.11. The number of alkyl carbamates (subject to hydrolysis) is 1. The molecule has 1 heterocycles. The van der Waals surface area contributed by atoms with Gasteiger partial charge in [-0.2, -0.15) is 5.10 Å². The van der Waals surface area contributed by atoms with Crippen molar-refractivity contribution in [2.75, 3.05) is 11.9 Å². The zero-order valence-electron chi connectivity index (χ0n) is 19.5. The number of unbranched alkanes of at least 4 members (excludes halogenated alkanes) is 1. The number of nitrogens with one attached hydrogen (secondary N) is 2. The third-order valence-electron chi connectivity index (χ3n) is 7.18. The van der Waals surface area contributed by atoms with Crippen molar-refractivity contribution in [2.45, 2.75) is 103 Å². The van der Waals surface area contributed by atoms with Crippen LogP contribution in [0.15, 0.2) is 12.3 Å². The lowest BCUT2D eigenvalue weighted by Gasteiger charge is -2.40. The predicted octanol–water partition coefficient (Wildman–Crippen LogP) is 4.76. The number of nitrogens with zero attached hydrogens (tertiary/aromatic N) is 2. The van der Waals surface area contributed by atoms with E-state index in [9.17, 15) is 14.4 Å². The van der Waals surface area contributed by atoms with Crippen LogP contribution in [0, 0.1) is 5.41 Å². The largest absolute Gasteiger partial charge is 0.449 e. The van der Waals surface area contributed by atoms with Crippen molar-refractivity contribution in [1.29, 1.82) is 0 Å². The molecule has 0 aromatic carbocycles. The first-order valence-corrected chi connectivity index (χ1v) is 12.3. The van der Waals surface area contributed by atoms with Crippen molar-refractivity contribution >= 4 is 23.6 Å². The van der Waals surface area contributed by atoms with Gasteiger partial charge in [-0.15, -0.1) is 0 Å². The summed E-state index contributed by atoms with van der Waals surface area (Å²) in [6.45, 7) is 4.47. The summed E-state index contributed by atoms with van der Waals surface area (Å²) in [7, 11) is 0. The fraction of sp³-hybridized carbons (Fsp3) is 0.750. The molecule has 2 amide bonds. The van der Waals surface area contributed by atoms with E-state index >= 15 is 0 Å². The van der Waals surface area contributed by atoms with Gasteiger partial charge in [0.15, 0.2) is 0 Å². The lowest BCUT2D eigenvalue weighted by atomic mass is 9.68. The maximum absolute atomic E-state index is 12.9. The molecule has 0 spiro atoms. The molecule has 1 aromatic heterocycles. The normalized spacial score (nSPS) is 18.9. The molecule has 0 radical (unpaired) electrons. The Kier molecular flexibility index (Phi) is 8.70. The molecule has 32 heavy (non-hydrogen) atoms. The highest BCUT2D eigenvalue weighted by atomic mass is 16.5. The van der Waals surface area contributed by atoms with Crippen molar-refractivity contribution in [3.05, 3.63) is 12.3 Å². The number of amides is 2. The second kappa shape index (κ2) is 11.5. The number of carbonyl (C=O) groups excluding carboxylic acids is 3. The zero-order chi connectivity index (χ0) is 23.0. The average Bonchev–Trinajstić information content (AvgIpc) is 3.24. The number of ether oxygens (including phenoxy) is 1. The van der Waals surface area contributed by atoms with Crippen LogP contribution < -0.4 is 10.6 Å². The van der Waals surface area contributed by atoms with E-state index < -0.39 is 23.8 Å². The van der Waals surface area contributed by atoms with Crippen LogP contribution >= 0.6 is 0 Å². The van der Waals surface area contributed by atoms with Crippen molar-refractivity contribution < 1.29 is 19.1 Å². The molecular formula is C24H38N4O4. The van der Waals surface area contributed by atoms with E-state index in [0.717, 1.165) is 64.2 Å². The van der Waals surface area contributed by atoms with E-state index in [1.165, 1.54) is 6.42 Å². The number of hydrogen-bond acceptors (Lipinski definition) is 5. The molecule has 3 rings (SSSR count). The molecule has 2 aliphatic carbocycles. The van der Waals surface area contributed by atoms with Gasteiger partial charge < -0.3 is 15.4 Å². The van der Waals surface area contributed by atoms with Crippen LogP contribution in [-0.4, -0.2) is 40.2 Å². The number of anilines is 1. The van der Waals surface area contributed by atoms with Crippen molar-refractivity contribution in [2.24, 2.45) is 5.41 Å². The average molecular weight is 447 g/mol. The van der Waals surface area contributed by atoms with Crippen LogP contribution in [0.5, 0.6) is 0 Å². The number of ketones is 1. The Balaban J connectivity index is 1.58. The number of rotatable bonds is 11. The molecule has 0 bridgehead atoms. The summed E-state index contributed by atoms with van der Waals surface area (Å²) < 4.78 is 7.25. The topological polar surface area (TPSA) is 102 Å². The van der Waals surface area contributed by atoms with E-state index in [1.807, 2.05) is 11.6 Å². The highest BCUT2D eigenvalue weighted by molar-refractivity contribution is 6.42. The first-order chi connectivity index (χ1) is 15.5. The third-order valence-corrected chi connectivity index (χ3v) is 7.18. The van der Waals surface area contributed by atoms with Crippen LogP contribution in [0.3, 0.4) is 0 Å². The minimum atomic E-state index is -0.896. The van der Waals surface area contributed by atoms with Crippen molar-refractivity contribution in [3.63, 3.8) is 0 Å². The van der Waals surface area contributed by atoms with Crippen LogP contribution in [-0.2, 0) is 14.3 Å².